The second kappa shape index (κ2) is 9.71. The Bertz CT molecular complexity index is 673. The van der Waals surface area contributed by atoms with Gasteiger partial charge in [-0.2, -0.15) is 0 Å². The summed E-state index contributed by atoms with van der Waals surface area (Å²) in [6.07, 6.45) is 3.94. The average molecular weight is 328 g/mol. The number of benzene rings is 2. The number of esters is 2. The van der Waals surface area contributed by atoms with Gasteiger partial charge in [-0.05, 0) is 24.3 Å². The minimum absolute atomic E-state index is 0.202. The standard InChI is InChI=1S/C20H24O4/c1-2-3-6-15-23-19(21)13-8-14-20(22)24-18-12-7-10-16-9-4-5-11-17(16)18/h4-5,7,9-12H,2-3,6,8,13-15H2,1H3. The van der Waals surface area contributed by atoms with Crippen LogP contribution in [0.3, 0.4) is 0 Å². The van der Waals surface area contributed by atoms with Crippen LogP contribution < -0.4 is 4.74 Å². The molecule has 0 aliphatic rings. The lowest BCUT2D eigenvalue weighted by molar-refractivity contribution is -0.144. The number of carbonyl (C=O) groups excluding carboxylic acids is 2. The van der Waals surface area contributed by atoms with Crippen molar-refractivity contribution >= 4 is 22.7 Å². The highest BCUT2D eigenvalue weighted by molar-refractivity contribution is 5.90. The molecule has 128 valence electrons. The molecule has 0 aromatic heterocycles. The zero-order valence-corrected chi connectivity index (χ0v) is 14.1. The van der Waals surface area contributed by atoms with Gasteiger partial charge < -0.3 is 9.47 Å². The van der Waals surface area contributed by atoms with Gasteiger partial charge in [0.15, 0.2) is 0 Å². The Morgan fingerprint density at radius 3 is 2.46 bits per heavy atom. The SMILES string of the molecule is CCCCCOC(=O)CCCC(=O)Oc1cccc2ccccc12. The summed E-state index contributed by atoms with van der Waals surface area (Å²) in [5.74, 6) is -0.0190. The van der Waals surface area contributed by atoms with Crippen molar-refractivity contribution in [2.45, 2.75) is 45.4 Å². The first-order chi connectivity index (χ1) is 11.7. The molecule has 0 amide bonds. The molecule has 0 bridgehead atoms. The monoisotopic (exact) mass is 328 g/mol. The van der Waals surface area contributed by atoms with E-state index in [1.54, 1.807) is 6.07 Å². The predicted molar refractivity (Wildman–Crippen MR) is 93.9 cm³/mol. The molecule has 24 heavy (non-hydrogen) atoms. The van der Waals surface area contributed by atoms with Gasteiger partial charge in [0.1, 0.15) is 5.75 Å². The van der Waals surface area contributed by atoms with E-state index in [2.05, 4.69) is 6.92 Å². The van der Waals surface area contributed by atoms with Crippen molar-refractivity contribution in [2.24, 2.45) is 0 Å². The van der Waals surface area contributed by atoms with Crippen LogP contribution >= 0.6 is 0 Å². The molecule has 0 aliphatic heterocycles. The number of rotatable bonds is 9. The molecule has 0 fully saturated rings. The van der Waals surface area contributed by atoms with E-state index < -0.39 is 0 Å². The molecule has 0 N–H and O–H groups in total. The lowest BCUT2D eigenvalue weighted by Gasteiger charge is -2.08. The van der Waals surface area contributed by atoms with Crippen molar-refractivity contribution in [2.75, 3.05) is 6.61 Å². The fourth-order valence-corrected chi connectivity index (χ4v) is 2.45. The van der Waals surface area contributed by atoms with Crippen LogP contribution in [0.15, 0.2) is 42.5 Å². The molecular weight excluding hydrogens is 304 g/mol. The van der Waals surface area contributed by atoms with Crippen LogP contribution in [0.1, 0.15) is 45.4 Å². The van der Waals surface area contributed by atoms with Crippen molar-refractivity contribution in [1.29, 1.82) is 0 Å². The second-order valence-electron chi connectivity index (χ2n) is 5.73. The van der Waals surface area contributed by atoms with Crippen LogP contribution in [-0.2, 0) is 14.3 Å². The summed E-state index contributed by atoms with van der Waals surface area (Å²) in [7, 11) is 0. The number of fused-ring (bicyclic) bond motifs is 1. The minimum atomic E-state index is -0.329. The summed E-state index contributed by atoms with van der Waals surface area (Å²) in [6.45, 7) is 2.57. The highest BCUT2D eigenvalue weighted by Crippen LogP contribution is 2.25. The Balaban J connectivity index is 1.74. The number of hydrogen-bond acceptors (Lipinski definition) is 4. The van der Waals surface area contributed by atoms with Gasteiger partial charge in [0.25, 0.3) is 0 Å². The summed E-state index contributed by atoms with van der Waals surface area (Å²) < 4.78 is 10.5. The van der Waals surface area contributed by atoms with Gasteiger partial charge in [-0.25, -0.2) is 0 Å². The first-order valence-corrected chi connectivity index (χ1v) is 8.54. The fourth-order valence-electron chi connectivity index (χ4n) is 2.45. The summed E-state index contributed by atoms with van der Waals surface area (Å²) in [6, 6.07) is 13.4. The second-order valence-corrected chi connectivity index (χ2v) is 5.73. The Kier molecular flexibility index (Phi) is 7.27. The molecule has 2 rings (SSSR count). The molecule has 0 radical (unpaired) electrons. The molecule has 0 unspecified atom stereocenters. The Labute approximate surface area is 142 Å². The van der Waals surface area contributed by atoms with E-state index in [4.69, 9.17) is 9.47 Å². The van der Waals surface area contributed by atoms with Crippen LogP contribution in [0, 0.1) is 0 Å². The van der Waals surface area contributed by atoms with E-state index >= 15 is 0 Å². The largest absolute Gasteiger partial charge is 0.466 e. The van der Waals surface area contributed by atoms with Crippen LogP contribution in [0.5, 0.6) is 5.75 Å². The van der Waals surface area contributed by atoms with E-state index in [0.717, 1.165) is 30.0 Å². The summed E-state index contributed by atoms with van der Waals surface area (Å²) in [5.41, 5.74) is 0. The van der Waals surface area contributed by atoms with E-state index in [9.17, 15) is 9.59 Å². The summed E-state index contributed by atoms with van der Waals surface area (Å²) in [4.78, 5) is 23.5. The number of hydrogen-bond donors (Lipinski definition) is 0. The zero-order valence-electron chi connectivity index (χ0n) is 14.1. The van der Waals surface area contributed by atoms with Gasteiger partial charge in [0, 0.05) is 18.2 Å². The summed E-state index contributed by atoms with van der Waals surface area (Å²) >= 11 is 0. The van der Waals surface area contributed by atoms with Gasteiger partial charge in [-0.1, -0.05) is 56.2 Å². The van der Waals surface area contributed by atoms with E-state index in [0.29, 0.717) is 18.8 Å². The lowest BCUT2D eigenvalue weighted by atomic mass is 10.1. The van der Waals surface area contributed by atoms with Gasteiger partial charge in [-0.15, -0.1) is 0 Å². The quantitative estimate of drug-likeness (QED) is 0.382. The van der Waals surface area contributed by atoms with Crippen molar-refractivity contribution in [1.82, 2.24) is 0 Å². The smallest absolute Gasteiger partial charge is 0.311 e. The first-order valence-electron chi connectivity index (χ1n) is 8.54. The van der Waals surface area contributed by atoms with Crippen LogP contribution in [0.25, 0.3) is 10.8 Å². The summed E-state index contributed by atoms with van der Waals surface area (Å²) in [5, 5.41) is 1.93. The lowest BCUT2D eigenvalue weighted by Crippen LogP contribution is -2.10. The molecule has 0 heterocycles. The Morgan fingerprint density at radius 1 is 0.875 bits per heavy atom. The maximum Gasteiger partial charge on any atom is 0.311 e. The molecule has 0 aliphatic carbocycles. The van der Waals surface area contributed by atoms with E-state index in [1.807, 2.05) is 36.4 Å². The van der Waals surface area contributed by atoms with Gasteiger partial charge >= 0.3 is 11.9 Å². The molecule has 0 saturated carbocycles. The molecule has 4 heteroatoms. The maximum atomic E-state index is 12.0. The van der Waals surface area contributed by atoms with Crippen molar-refractivity contribution in [3.8, 4) is 5.75 Å². The first kappa shape index (κ1) is 18.0. The molecule has 0 saturated heterocycles. The van der Waals surface area contributed by atoms with E-state index in [-0.39, 0.29) is 24.8 Å². The molecule has 4 nitrogen and oxygen atoms in total. The molecular formula is C20H24O4. The third-order valence-corrected chi connectivity index (χ3v) is 3.75. The predicted octanol–water partition coefficient (Wildman–Crippen LogP) is 4.65. The topological polar surface area (TPSA) is 52.6 Å². The molecule has 2 aromatic carbocycles. The van der Waals surface area contributed by atoms with Crippen LogP contribution in [-0.4, -0.2) is 18.5 Å². The third kappa shape index (κ3) is 5.69. The Morgan fingerprint density at radius 2 is 1.62 bits per heavy atom. The van der Waals surface area contributed by atoms with Crippen molar-refractivity contribution in [3.05, 3.63) is 42.5 Å². The maximum absolute atomic E-state index is 12.0. The highest BCUT2D eigenvalue weighted by Gasteiger charge is 2.10. The van der Waals surface area contributed by atoms with Crippen LogP contribution in [0.2, 0.25) is 0 Å². The molecule has 0 atom stereocenters. The van der Waals surface area contributed by atoms with Gasteiger partial charge in [0.2, 0.25) is 0 Å². The van der Waals surface area contributed by atoms with Crippen molar-refractivity contribution < 1.29 is 19.1 Å². The number of unbranched alkanes of at least 4 members (excludes halogenated alkanes) is 2. The van der Waals surface area contributed by atoms with Gasteiger partial charge in [-0.3, -0.25) is 9.59 Å². The fraction of sp³-hybridized carbons (Fsp3) is 0.400. The zero-order chi connectivity index (χ0) is 17.2. The third-order valence-electron chi connectivity index (χ3n) is 3.75. The molecule has 0 spiro atoms. The number of carbonyl (C=O) groups is 2. The van der Waals surface area contributed by atoms with Gasteiger partial charge in [0.05, 0.1) is 6.61 Å². The average Bonchev–Trinajstić information content (AvgIpc) is 2.59. The molecule has 2 aromatic rings. The van der Waals surface area contributed by atoms with Crippen molar-refractivity contribution in [3.63, 3.8) is 0 Å². The van der Waals surface area contributed by atoms with E-state index in [1.165, 1.54) is 0 Å². The number of ether oxygens (including phenoxy) is 2. The minimum Gasteiger partial charge on any atom is -0.466 e. The highest BCUT2D eigenvalue weighted by atomic mass is 16.5. The normalized spacial score (nSPS) is 10.5. The Hall–Kier alpha value is -2.36. The van der Waals surface area contributed by atoms with Crippen LogP contribution in [0.4, 0.5) is 0 Å².